The van der Waals surface area contributed by atoms with E-state index in [0.717, 1.165) is 5.56 Å². The third-order valence-corrected chi connectivity index (χ3v) is 4.03. The van der Waals surface area contributed by atoms with E-state index in [1.807, 2.05) is 0 Å². The van der Waals surface area contributed by atoms with Gasteiger partial charge in [-0.15, -0.1) is 0 Å². The van der Waals surface area contributed by atoms with Crippen LogP contribution in [0.2, 0.25) is 0 Å². The molecule has 0 bridgehead atoms. The summed E-state index contributed by atoms with van der Waals surface area (Å²) in [6.07, 6.45) is -9.81. The molecule has 2 aromatic rings. The number of hydrogen-bond acceptors (Lipinski definition) is 2. The summed E-state index contributed by atoms with van der Waals surface area (Å²) < 4.78 is 95.8. The van der Waals surface area contributed by atoms with Crippen molar-refractivity contribution in [2.24, 2.45) is 0 Å². The smallest absolute Gasteiger partial charge is 0.376 e. The summed E-state index contributed by atoms with van der Waals surface area (Å²) in [5, 5.41) is 2.92. The highest BCUT2D eigenvalue weighted by molar-refractivity contribution is 5.33. The Morgan fingerprint density at radius 2 is 1.43 bits per heavy atom. The lowest BCUT2D eigenvalue weighted by Gasteiger charge is -2.18. The van der Waals surface area contributed by atoms with Crippen molar-refractivity contribution in [1.29, 1.82) is 0 Å². The first-order chi connectivity index (χ1) is 13.0. The number of benzene rings is 2. The molecule has 2 nitrogen and oxygen atoms in total. The van der Waals surface area contributed by atoms with Gasteiger partial charge in [-0.1, -0.05) is 12.1 Å². The highest BCUT2D eigenvalue weighted by atomic mass is 19.4. The predicted molar refractivity (Wildman–Crippen MR) is 89.2 cm³/mol. The normalized spacial score (nSPS) is 13.6. The Labute approximate surface area is 157 Å². The van der Waals surface area contributed by atoms with Crippen molar-refractivity contribution in [3.8, 4) is 0 Å². The van der Waals surface area contributed by atoms with Crippen LogP contribution >= 0.6 is 0 Å². The number of likely N-dealkylation sites (N-methyl/N-ethyl adjacent to an activating group) is 1. The van der Waals surface area contributed by atoms with E-state index in [9.17, 15) is 30.7 Å². The highest BCUT2D eigenvalue weighted by Gasteiger charge is 2.36. The minimum Gasteiger partial charge on any atom is -0.376 e. The fraction of sp³-hybridized carbons (Fsp3) is 0.368. The quantitative estimate of drug-likeness (QED) is 0.620. The summed E-state index contributed by atoms with van der Waals surface area (Å²) in [7, 11) is 1.68. The summed E-state index contributed by atoms with van der Waals surface area (Å²) in [5.41, 5.74) is -2.27. The predicted octanol–water partition coefficient (Wildman–Crippen LogP) is 5.38. The fourth-order valence-electron chi connectivity index (χ4n) is 2.68. The van der Waals surface area contributed by atoms with Crippen molar-refractivity contribution in [3.63, 3.8) is 0 Å². The van der Waals surface area contributed by atoms with Crippen LogP contribution in [0.25, 0.3) is 0 Å². The van der Waals surface area contributed by atoms with Crippen LogP contribution in [-0.4, -0.2) is 20.2 Å². The maximum atomic E-state index is 13.0. The van der Waals surface area contributed by atoms with E-state index < -0.39 is 35.9 Å². The first-order valence-corrected chi connectivity index (χ1v) is 8.27. The summed E-state index contributed by atoms with van der Waals surface area (Å²) in [4.78, 5) is 0. The van der Waals surface area contributed by atoms with E-state index in [1.54, 1.807) is 19.2 Å². The molecule has 0 radical (unpaired) electrons. The summed E-state index contributed by atoms with van der Waals surface area (Å²) >= 11 is 0. The Hall–Kier alpha value is -2.13. The van der Waals surface area contributed by atoms with Crippen LogP contribution in [0.3, 0.4) is 0 Å². The van der Waals surface area contributed by atoms with Gasteiger partial charge in [-0.3, -0.25) is 0 Å². The van der Waals surface area contributed by atoms with Gasteiger partial charge in [0.25, 0.3) is 0 Å². The van der Waals surface area contributed by atoms with E-state index in [1.165, 1.54) is 12.1 Å². The minimum absolute atomic E-state index is 0.0318. The van der Waals surface area contributed by atoms with Crippen molar-refractivity contribution in [2.45, 2.75) is 24.9 Å². The molecule has 9 heteroatoms. The molecule has 2 rings (SSSR count). The number of hydrogen-bond donors (Lipinski definition) is 1. The van der Waals surface area contributed by atoms with Gasteiger partial charge in [0.1, 0.15) is 5.82 Å². The number of rotatable bonds is 7. The van der Waals surface area contributed by atoms with Gasteiger partial charge in [0.15, 0.2) is 0 Å². The molecule has 0 amide bonds. The zero-order valence-corrected chi connectivity index (χ0v) is 14.8. The van der Waals surface area contributed by atoms with Crippen molar-refractivity contribution in [2.75, 3.05) is 20.2 Å². The molecule has 1 N–H and O–H groups in total. The number of alkyl halides is 6. The molecule has 2 aromatic carbocycles. The van der Waals surface area contributed by atoms with Gasteiger partial charge in [0.2, 0.25) is 0 Å². The molecule has 1 unspecified atom stereocenters. The average molecular weight is 409 g/mol. The van der Waals surface area contributed by atoms with Crippen LogP contribution in [0.5, 0.6) is 0 Å². The second-order valence-electron chi connectivity index (χ2n) is 6.24. The van der Waals surface area contributed by atoms with Crippen molar-refractivity contribution in [3.05, 3.63) is 70.5 Å². The Morgan fingerprint density at radius 3 is 1.89 bits per heavy atom. The maximum Gasteiger partial charge on any atom is 0.416 e. The van der Waals surface area contributed by atoms with E-state index in [2.05, 4.69) is 5.32 Å². The Bertz CT molecular complexity index is 737. The molecule has 1 atom stereocenters. The second-order valence-corrected chi connectivity index (χ2v) is 6.24. The molecule has 0 aliphatic carbocycles. The number of nitrogens with one attached hydrogen (secondary N) is 1. The van der Waals surface area contributed by atoms with Crippen LogP contribution in [0.4, 0.5) is 30.7 Å². The third-order valence-electron chi connectivity index (χ3n) is 4.03. The molecular formula is C19H18F7NO. The van der Waals surface area contributed by atoms with E-state index in [-0.39, 0.29) is 24.2 Å². The lowest BCUT2D eigenvalue weighted by atomic mass is 10.00. The number of halogens is 7. The average Bonchev–Trinajstić information content (AvgIpc) is 2.60. The van der Waals surface area contributed by atoms with Gasteiger partial charge >= 0.3 is 12.4 Å². The van der Waals surface area contributed by atoms with Gasteiger partial charge in [-0.05, 0) is 48.5 Å². The van der Waals surface area contributed by atoms with E-state index in [0.29, 0.717) is 18.7 Å². The van der Waals surface area contributed by atoms with Gasteiger partial charge < -0.3 is 10.1 Å². The largest absolute Gasteiger partial charge is 0.416 e. The summed E-state index contributed by atoms with van der Waals surface area (Å²) in [5.74, 6) is -0.671. The van der Waals surface area contributed by atoms with Gasteiger partial charge in [-0.25, -0.2) is 4.39 Å². The van der Waals surface area contributed by atoms with Crippen molar-refractivity contribution >= 4 is 0 Å². The van der Waals surface area contributed by atoms with Crippen molar-refractivity contribution in [1.82, 2.24) is 5.32 Å². The second kappa shape index (κ2) is 8.91. The van der Waals surface area contributed by atoms with Crippen LogP contribution in [0, 0.1) is 5.82 Å². The topological polar surface area (TPSA) is 21.3 Å². The molecule has 0 saturated heterocycles. The van der Waals surface area contributed by atoms with E-state index in [4.69, 9.17) is 4.74 Å². The van der Waals surface area contributed by atoms with Gasteiger partial charge in [0, 0.05) is 12.5 Å². The molecule has 0 aliphatic heterocycles. The first kappa shape index (κ1) is 22.2. The molecule has 28 heavy (non-hydrogen) atoms. The zero-order chi connectivity index (χ0) is 20.9. The molecule has 0 fully saturated rings. The minimum atomic E-state index is -4.90. The Morgan fingerprint density at radius 1 is 0.893 bits per heavy atom. The van der Waals surface area contributed by atoms with Gasteiger partial charge in [-0.2, -0.15) is 26.3 Å². The summed E-state index contributed by atoms with van der Waals surface area (Å²) in [6, 6.07) is 6.98. The van der Waals surface area contributed by atoms with Crippen LogP contribution in [-0.2, 0) is 23.7 Å². The molecule has 154 valence electrons. The van der Waals surface area contributed by atoms with Gasteiger partial charge in [0.05, 0.1) is 24.3 Å². The lowest BCUT2D eigenvalue weighted by molar-refractivity contribution is -0.143. The molecule has 0 aromatic heterocycles. The molecule has 0 aliphatic rings. The standard InChI is InChI=1S/C19H18F7NO/c1-27-9-14(13-2-4-17(20)5-3-13)11-28-10-12-6-15(18(21,22)23)8-16(7-12)19(24,25)26/h2-8,14,27H,9-11H2,1H3. The Balaban J connectivity index is 2.14. The Kier molecular flexibility index (Phi) is 7.06. The monoisotopic (exact) mass is 409 g/mol. The van der Waals surface area contributed by atoms with Crippen molar-refractivity contribution < 1.29 is 35.5 Å². The maximum absolute atomic E-state index is 13.0. The molecule has 0 heterocycles. The van der Waals surface area contributed by atoms with Crippen LogP contribution in [0.1, 0.15) is 28.2 Å². The third kappa shape index (κ3) is 6.20. The molecule has 0 spiro atoms. The molecule has 0 saturated carbocycles. The highest BCUT2D eigenvalue weighted by Crippen LogP contribution is 2.36. The first-order valence-electron chi connectivity index (χ1n) is 8.27. The molecular weight excluding hydrogens is 391 g/mol. The SMILES string of the molecule is CNCC(COCc1cc(C(F)(F)F)cc(C(F)(F)F)c1)c1ccc(F)cc1. The fourth-order valence-corrected chi connectivity index (χ4v) is 2.68. The van der Waals surface area contributed by atoms with Crippen LogP contribution < -0.4 is 5.32 Å². The van der Waals surface area contributed by atoms with E-state index >= 15 is 0 Å². The lowest BCUT2D eigenvalue weighted by Crippen LogP contribution is -2.21. The zero-order valence-electron chi connectivity index (χ0n) is 14.8. The number of ether oxygens (including phenoxy) is 1. The summed E-state index contributed by atoms with van der Waals surface area (Å²) in [6.45, 7) is 0.0422. The van der Waals surface area contributed by atoms with Crippen LogP contribution in [0.15, 0.2) is 42.5 Å².